The first-order valence-corrected chi connectivity index (χ1v) is 8.92. The van der Waals surface area contributed by atoms with Gasteiger partial charge in [0.2, 0.25) is 0 Å². The Kier molecular flexibility index (Phi) is 4.96. The summed E-state index contributed by atoms with van der Waals surface area (Å²) >= 11 is 1.29. The summed E-state index contributed by atoms with van der Waals surface area (Å²) in [5.41, 5.74) is 4.35. The van der Waals surface area contributed by atoms with E-state index in [1.54, 1.807) is 0 Å². The molecule has 2 aromatic rings. The van der Waals surface area contributed by atoms with Crippen molar-refractivity contribution in [3.8, 4) is 6.07 Å². The van der Waals surface area contributed by atoms with E-state index < -0.39 is 0 Å². The minimum absolute atomic E-state index is 0.0962. The number of halogens is 1. The number of aryl methyl sites for hydroxylation is 1. The topological polar surface area (TPSA) is 53.8 Å². The van der Waals surface area contributed by atoms with Crippen molar-refractivity contribution in [2.75, 3.05) is 5.75 Å². The summed E-state index contributed by atoms with van der Waals surface area (Å²) in [6, 6.07) is 7.80. The van der Waals surface area contributed by atoms with Crippen molar-refractivity contribution in [3.05, 3.63) is 58.0 Å². The predicted molar refractivity (Wildman–Crippen MR) is 91.8 cm³/mol. The van der Waals surface area contributed by atoms with Gasteiger partial charge in [-0.15, -0.1) is 0 Å². The van der Waals surface area contributed by atoms with Gasteiger partial charge in [0.15, 0.2) is 5.78 Å². The molecule has 0 saturated heterocycles. The summed E-state index contributed by atoms with van der Waals surface area (Å²) in [5, 5.41) is 10.2. The van der Waals surface area contributed by atoms with Crippen LogP contribution in [-0.2, 0) is 12.8 Å². The molecule has 1 aliphatic rings. The number of carbonyl (C=O) groups excluding carboxylic acids is 1. The molecule has 0 atom stereocenters. The highest BCUT2D eigenvalue weighted by molar-refractivity contribution is 8.00. The molecule has 24 heavy (non-hydrogen) atoms. The second-order valence-electron chi connectivity index (χ2n) is 5.87. The molecule has 0 N–H and O–H groups in total. The first kappa shape index (κ1) is 16.7. The maximum Gasteiger partial charge on any atom is 0.173 e. The molecule has 1 aromatic heterocycles. The molecule has 1 aromatic carbocycles. The average molecular weight is 340 g/mol. The molecular weight excluding hydrogens is 323 g/mol. The Hall–Kier alpha value is -2.19. The monoisotopic (exact) mass is 340 g/mol. The summed E-state index contributed by atoms with van der Waals surface area (Å²) in [7, 11) is 0. The fraction of sp³-hybridized carbons (Fsp3) is 0.316. The number of nitrogens with zero attached hydrogens (tertiary/aromatic N) is 2. The Balaban J connectivity index is 1.82. The largest absolute Gasteiger partial charge is 0.293 e. The zero-order valence-electron chi connectivity index (χ0n) is 13.4. The molecule has 3 nitrogen and oxygen atoms in total. The number of nitriles is 1. The minimum atomic E-state index is -0.363. The van der Waals surface area contributed by atoms with Crippen LogP contribution in [-0.4, -0.2) is 16.5 Å². The van der Waals surface area contributed by atoms with Crippen LogP contribution in [0.4, 0.5) is 4.39 Å². The molecule has 0 saturated carbocycles. The summed E-state index contributed by atoms with van der Waals surface area (Å²) in [4.78, 5) is 16.8. The van der Waals surface area contributed by atoms with Gasteiger partial charge in [0.25, 0.3) is 0 Å². The highest BCUT2D eigenvalue weighted by atomic mass is 32.2. The maximum atomic E-state index is 12.9. The van der Waals surface area contributed by atoms with E-state index in [-0.39, 0.29) is 17.4 Å². The number of hydrogen-bond donors (Lipinski definition) is 0. The van der Waals surface area contributed by atoms with E-state index in [0.717, 1.165) is 36.9 Å². The van der Waals surface area contributed by atoms with Gasteiger partial charge >= 0.3 is 0 Å². The Morgan fingerprint density at radius 3 is 2.58 bits per heavy atom. The Labute approximate surface area is 144 Å². The minimum Gasteiger partial charge on any atom is -0.293 e. The van der Waals surface area contributed by atoms with Crippen molar-refractivity contribution in [3.63, 3.8) is 0 Å². The van der Waals surface area contributed by atoms with Crippen LogP contribution >= 0.6 is 11.8 Å². The predicted octanol–water partition coefficient (Wildman–Crippen LogP) is 4.25. The Morgan fingerprint density at radius 1 is 1.25 bits per heavy atom. The molecule has 0 bridgehead atoms. The second kappa shape index (κ2) is 7.14. The van der Waals surface area contributed by atoms with Gasteiger partial charge in [-0.25, -0.2) is 9.37 Å². The Morgan fingerprint density at radius 2 is 1.92 bits per heavy atom. The van der Waals surface area contributed by atoms with Gasteiger partial charge in [-0.05, 0) is 68.0 Å². The number of fused-ring (bicyclic) bond motifs is 1. The van der Waals surface area contributed by atoms with E-state index in [1.807, 2.05) is 6.92 Å². The van der Waals surface area contributed by atoms with Gasteiger partial charge < -0.3 is 0 Å². The summed E-state index contributed by atoms with van der Waals surface area (Å²) in [6.45, 7) is 1.97. The number of ketones is 1. The molecule has 5 heteroatoms. The molecule has 0 fully saturated rings. The van der Waals surface area contributed by atoms with Crippen molar-refractivity contribution < 1.29 is 9.18 Å². The maximum absolute atomic E-state index is 12.9. The van der Waals surface area contributed by atoms with Crippen LogP contribution in [0.3, 0.4) is 0 Å². The second-order valence-corrected chi connectivity index (χ2v) is 6.84. The van der Waals surface area contributed by atoms with E-state index in [0.29, 0.717) is 16.2 Å². The van der Waals surface area contributed by atoms with Crippen LogP contribution in [0.5, 0.6) is 0 Å². The number of aromatic nitrogens is 1. The fourth-order valence-electron chi connectivity index (χ4n) is 3.06. The third-order valence-electron chi connectivity index (χ3n) is 4.31. The van der Waals surface area contributed by atoms with Crippen LogP contribution in [0, 0.1) is 24.1 Å². The number of rotatable bonds is 4. The molecular formula is C19H17FN2OS. The Bertz CT molecular complexity index is 825. The van der Waals surface area contributed by atoms with Crippen molar-refractivity contribution >= 4 is 17.5 Å². The smallest absolute Gasteiger partial charge is 0.173 e. The standard InChI is InChI=1S/C19H17FN2OS/c1-12-15-4-2-3-5-16(15)17(10-21)19(22-12)24-11-18(23)13-6-8-14(20)9-7-13/h6-9H,2-5,11H2,1H3. The van der Waals surface area contributed by atoms with Gasteiger partial charge in [-0.1, -0.05) is 11.8 Å². The normalized spacial score (nSPS) is 13.2. The molecule has 0 unspecified atom stereocenters. The van der Waals surface area contributed by atoms with E-state index in [1.165, 1.54) is 41.6 Å². The third kappa shape index (κ3) is 3.34. The van der Waals surface area contributed by atoms with Crippen LogP contribution in [0.25, 0.3) is 0 Å². The van der Waals surface area contributed by atoms with E-state index in [4.69, 9.17) is 0 Å². The van der Waals surface area contributed by atoms with Crippen molar-refractivity contribution in [2.45, 2.75) is 37.6 Å². The van der Waals surface area contributed by atoms with Crippen molar-refractivity contribution in [1.82, 2.24) is 4.98 Å². The SMILES string of the molecule is Cc1nc(SCC(=O)c2ccc(F)cc2)c(C#N)c2c1CCCC2. The number of carbonyl (C=O) groups is 1. The lowest BCUT2D eigenvalue weighted by molar-refractivity contribution is 0.102. The summed E-state index contributed by atoms with van der Waals surface area (Å²) < 4.78 is 12.9. The highest BCUT2D eigenvalue weighted by Gasteiger charge is 2.21. The van der Waals surface area contributed by atoms with Crippen molar-refractivity contribution in [2.24, 2.45) is 0 Å². The summed E-state index contributed by atoms with van der Waals surface area (Å²) in [6.07, 6.45) is 4.10. The number of benzene rings is 1. The molecule has 0 aliphatic heterocycles. The average Bonchev–Trinajstić information content (AvgIpc) is 2.60. The summed E-state index contributed by atoms with van der Waals surface area (Å²) in [5.74, 6) is -0.273. The molecule has 3 rings (SSSR count). The van der Waals surface area contributed by atoms with Gasteiger partial charge in [-0.2, -0.15) is 5.26 Å². The zero-order valence-corrected chi connectivity index (χ0v) is 14.3. The fourth-order valence-corrected chi connectivity index (χ4v) is 4.01. The molecule has 1 aliphatic carbocycles. The van der Waals surface area contributed by atoms with Crippen LogP contribution in [0.15, 0.2) is 29.3 Å². The number of Topliss-reactive ketones (excluding diaryl/α,β-unsaturated/α-hetero) is 1. The van der Waals surface area contributed by atoms with Crippen LogP contribution < -0.4 is 0 Å². The number of hydrogen-bond acceptors (Lipinski definition) is 4. The lowest BCUT2D eigenvalue weighted by Crippen LogP contribution is -2.11. The lowest BCUT2D eigenvalue weighted by atomic mass is 9.88. The lowest BCUT2D eigenvalue weighted by Gasteiger charge is -2.20. The first-order valence-electron chi connectivity index (χ1n) is 7.94. The van der Waals surface area contributed by atoms with Gasteiger partial charge in [0, 0.05) is 11.3 Å². The van der Waals surface area contributed by atoms with Gasteiger partial charge in [0.1, 0.15) is 16.9 Å². The van der Waals surface area contributed by atoms with Gasteiger partial charge in [-0.3, -0.25) is 4.79 Å². The van der Waals surface area contributed by atoms with E-state index >= 15 is 0 Å². The van der Waals surface area contributed by atoms with Crippen LogP contribution in [0.1, 0.15) is 45.6 Å². The highest BCUT2D eigenvalue weighted by Crippen LogP contribution is 2.32. The molecule has 0 spiro atoms. The molecule has 122 valence electrons. The molecule has 0 radical (unpaired) electrons. The first-order chi connectivity index (χ1) is 11.6. The molecule has 0 amide bonds. The van der Waals surface area contributed by atoms with Gasteiger partial charge in [0.05, 0.1) is 11.3 Å². The quantitative estimate of drug-likeness (QED) is 0.616. The zero-order chi connectivity index (χ0) is 17.1. The van der Waals surface area contributed by atoms with Crippen molar-refractivity contribution in [1.29, 1.82) is 5.26 Å². The third-order valence-corrected chi connectivity index (χ3v) is 5.28. The molecule has 1 heterocycles. The van der Waals surface area contributed by atoms with E-state index in [9.17, 15) is 14.4 Å². The van der Waals surface area contributed by atoms with Crippen LogP contribution in [0.2, 0.25) is 0 Å². The number of pyridine rings is 1. The number of thioether (sulfide) groups is 1. The van der Waals surface area contributed by atoms with E-state index in [2.05, 4.69) is 11.1 Å².